The fourth-order valence-electron chi connectivity index (χ4n) is 2.55. The Hall–Kier alpha value is -1.95. The topological polar surface area (TPSA) is 74.3 Å². The molecule has 0 radical (unpaired) electrons. The molecule has 0 atom stereocenters. The number of aromatic nitrogens is 1. The Labute approximate surface area is 131 Å². The van der Waals surface area contributed by atoms with Crippen molar-refractivity contribution in [1.29, 1.82) is 0 Å². The van der Waals surface area contributed by atoms with Crippen molar-refractivity contribution >= 4 is 17.6 Å². The predicted octanol–water partition coefficient (Wildman–Crippen LogP) is 1.18. The largest absolute Gasteiger partial charge is 0.343 e. The summed E-state index contributed by atoms with van der Waals surface area (Å²) in [4.78, 5) is 30.2. The van der Waals surface area contributed by atoms with Gasteiger partial charge in [0.15, 0.2) is 0 Å². The lowest BCUT2D eigenvalue weighted by Crippen LogP contribution is -2.42. The van der Waals surface area contributed by atoms with Crippen molar-refractivity contribution in [2.75, 3.05) is 32.0 Å². The van der Waals surface area contributed by atoms with Gasteiger partial charge in [-0.05, 0) is 38.4 Å². The number of pyridine rings is 1. The van der Waals surface area contributed by atoms with Crippen molar-refractivity contribution in [3.05, 3.63) is 23.9 Å². The summed E-state index contributed by atoms with van der Waals surface area (Å²) < 4.78 is 0. The Kier molecular flexibility index (Phi) is 5.89. The van der Waals surface area contributed by atoms with Gasteiger partial charge in [-0.2, -0.15) is 0 Å². The zero-order chi connectivity index (χ0) is 15.9. The summed E-state index contributed by atoms with van der Waals surface area (Å²) >= 11 is 0. The van der Waals surface area contributed by atoms with Crippen molar-refractivity contribution in [2.45, 2.75) is 26.2 Å². The molecular weight excluding hydrogens is 280 g/mol. The Morgan fingerprint density at radius 1 is 1.32 bits per heavy atom. The zero-order valence-corrected chi connectivity index (χ0v) is 13.3. The van der Waals surface area contributed by atoms with Crippen LogP contribution in [-0.2, 0) is 9.59 Å². The maximum atomic E-state index is 12.2. The standard InChI is InChI=1S/C16H24N4O2/c1-12-3-4-14(18-11-12)19-16(22)13-6-9-20(10-7-13)15(21)5-8-17-2/h3-4,11,13,17H,5-10H2,1-2H3,(H,18,19,22). The van der Waals surface area contributed by atoms with Crippen molar-refractivity contribution in [3.63, 3.8) is 0 Å². The first-order valence-electron chi connectivity index (χ1n) is 7.76. The first kappa shape index (κ1) is 16.4. The average molecular weight is 304 g/mol. The van der Waals surface area contributed by atoms with Gasteiger partial charge in [0.05, 0.1) is 0 Å². The molecule has 0 spiro atoms. The lowest BCUT2D eigenvalue weighted by molar-refractivity contribution is -0.134. The van der Waals surface area contributed by atoms with Gasteiger partial charge in [0, 0.05) is 38.2 Å². The number of piperidine rings is 1. The van der Waals surface area contributed by atoms with Gasteiger partial charge in [0.1, 0.15) is 5.82 Å². The number of carbonyl (C=O) groups excluding carboxylic acids is 2. The number of nitrogens with zero attached hydrogens (tertiary/aromatic N) is 2. The van der Waals surface area contributed by atoms with Crippen LogP contribution in [0.25, 0.3) is 0 Å². The summed E-state index contributed by atoms with van der Waals surface area (Å²) in [7, 11) is 1.84. The molecule has 1 aromatic heterocycles. The minimum atomic E-state index is -0.0450. The molecule has 0 bridgehead atoms. The maximum absolute atomic E-state index is 12.2. The van der Waals surface area contributed by atoms with E-state index >= 15 is 0 Å². The van der Waals surface area contributed by atoms with Gasteiger partial charge in [-0.3, -0.25) is 9.59 Å². The van der Waals surface area contributed by atoms with Crippen LogP contribution in [0.2, 0.25) is 0 Å². The van der Waals surface area contributed by atoms with Gasteiger partial charge in [0.25, 0.3) is 0 Å². The van der Waals surface area contributed by atoms with Crippen molar-refractivity contribution in [1.82, 2.24) is 15.2 Å². The van der Waals surface area contributed by atoms with E-state index in [1.165, 1.54) is 0 Å². The smallest absolute Gasteiger partial charge is 0.228 e. The van der Waals surface area contributed by atoms with Gasteiger partial charge in [-0.25, -0.2) is 4.98 Å². The average Bonchev–Trinajstić information content (AvgIpc) is 2.55. The molecule has 1 aliphatic rings. The summed E-state index contributed by atoms with van der Waals surface area (Å²) in [5.74, 6) is 0.701. The number of carbonyl (C=O) groups is 2. The van der Waals surface area contributed by atoms with E-state index in [1.807, 2.05) is 31.0 Å². The first-order chi connectivity index (χ1) is 10.6. The number of hydrogen-bond acceptors (Lipinski definition) is 4. The summed E-state index contributed by atoms with van der Waals surface area (Å²) in [6.45, 7) is 3.96. The third kappa shape index (κ3) is 4.53. The molecular formula is C16H24N4O2. The summed E-state index contributed by atoms with van der Waals surface area (Å²) in [5.41, 5.74) is 1.06. The minimum Gasteiger partial charge on any atom is -0.343 e. The van der Waals surface area contributed by atoms with Gasteiger partial charge >= 0.3 is 0 Å². The van der Waals surface area contributed by atoms with Crippen molar-refractivity contribution < 1.29 is 9.59 Å². The fourth-order valence-corrected chi connectivity index (χ4v) is 2.55. The first-order valence-corrected chi connectivity index (χ1v) is 7.76. The van der Waals surface area contributed by atoms with Gasteiger partial charge in [0.2, 0.25) is 11.8 Å². The van der Waals surface area contributed by atoms with Crippen LogP contribution in [0.5, 0.6) is 0 Å². The number of nitrogens with one attached hydrogen (secondary N) is 2. The van der Waals surface area contributed by atoms with Crippen LogP contribution >= 0.6 is 0 Å². The molecule has 1 saturated heterocycles. The molecule has 2 amide bonds. The second-order valence-electron chi connectivity index (χ2n) is 5.72. The highest BCUT2D eigenvalue weighted by Gasteiger charge is 2.27. The van der Waals surface area contributed by atoms with E-state index < -0.39 is 0 Å². The van der Waals surface area contributed by atoms with Crippen LogP contribution in [0.15, 0.2) is 18.3 Å². The molecule has 2 rings (SSSR count). The van der Waals surface area contributed by atoms with Gasteiger partial charge < -0.3 is 15.5 Å². The molecule has 0 saturated carbocycles. The van der Waals surface area contributed by atoms with Crippen LogP contribution < -0.4 is 10.6 Å². The summed E-state index contributed by atoms with van der Waals surface area (Å²) in [6.07, 6.45) is 3.67. The molecule has 1 aromatic rings. The third-order valence-corrected chi connectivity index (χ3v) is 3.97. The quantitative estimate of drug-likeness (QED) is 0.856. The maximum Gasteiger partial charge on any atom is 0.228 e. The molecule has 0 aliphatic carbocycles. The molecule has 0 aromatic carbocycles. The van der Waals surface area contributed by atoms with Crippen LogP contribution in [0, 0.1) is 12.8 Å². The SMILES string of the molecule is CNCCC(=O)N1CCC(C(=O)Nc2ccc(C)cn2)CC1. The van der Waals surface area contributed by atoms with Crippen molar-refractivity contribution in [3.8, 4) is 0 Å². The molecule has 1 fully saturated rings. The predicted molar refractivity (Wildman–Crippen MR) is 85.5 cm³/mol. The van der Waals surface area contributed by atoms with E-state index in [1.54, 1.807) is 6.20 Å². The van der Waals surface area contributed by atoms with E-state index in [9.17, 15) is 9.59 Å². The van der Waals surface area contributed by atoms with Gasteiger partial charge in [-0.1, -0.05) is 6.07 Å². The van der Waals surface area contributed by atoms with Crippen LogP contribution in [0.4, 0.5) is 5.82 Å². The third-order valence-electron chi connectivity index (χ3n) is 3.97. The van der Waals surface area contributed by atoms with Crippen molar-refractivity contribution in [2.24, 2.45) is 5.92 Å². The summed E-state index contributed by atoms with van der Waals surface area (Å²) in [6, 6.07) is 3.73. The highest BCUT2D eigenvalue weighted by Crippen LogP contribution is 2.19. The molecule has 6 heteroatoms. The van der Waals surface area contributed by atoms with E-state index in [0.29, 0.717) is 44.7 Å². The minimum absolute atomic E-state index is 0.00123. The highest BCUT2D eigenvalue weighted by molar-refractivity contribution is 5.91. The highest BCUT2D eigenvalue weighted by atomic mass is 16.2. The number of aryl methyl sites for hydroxylation is 1. The second kappa shape index (κ2) is 7.89. The van der Waals surface area contributed by atoms with E-state index in [2.05, 4.69) is 15.6 Å². The number of rotatable bonds is 5. The lowest BCUT2D eigenvalue weighted by atomic mass is 9.95. The van der Waals surface area contributed by atoms with E-state index in [4.69, 9.17) is 0 Å². The Morgan fingerprint density at radius 2 is 2.05 bits per heavy atom. The molecule has 22 heavy (non-hydrogen) atoms. The number of likely N-dealkylation sites (tertiary alicyclic amines) is 1. The summed E-state index contributed by atoms with van der Waals surface area (Å²) in [5, 5.41) is 5.83. The number of amides is 2. The second-order valence-corrected chi connectivity index (χ2v) is 5.72. The molecule has 1 aliphatic heterocycles. The zero-order valence-electron chi connectivity index (χ0n) is 13.3. The van der Waals surface area contributed by atoms with Gasteiger partial charge in [-0.15, -0.1) is 0 Å². The van der Waals surface area contributed by atoms with Crippen LogP contribution in [0.1, 0.15) is 24.8 Å². The number of hydrogen-bond donors (Lipinski definition) is 2. The van der Waals surface area contributed by atoms with Crippen LogP contribution in [0.3, 0.4) is 0 Å². The lowest BCUT2D eigenvalue weighted by Gasteiger charge is -2.31. The molecule has 6 nitrogen and oxygen atoms in total. The molecule has 2 N–H and O–H groups in total. The fraction of sp³-hybridized carbons (Fsp3) is 0.562. The molecule has 120 valence electrons. The molecule has 2 heterocycles. The Morgan fingerprint density at radius 3 is 2.64 bits per heavy atom. The Balaban J connectivity index is 1.79. The van der Waals surface area contributed by atoms with Crippen LogP contribution in [-0.4, -0.2) is 48.4 Å². The number of anilines is 1. The van der Waals surface area contributed by atoms with E-state index in [-0.39, 0.29) is 17.7 Å². The Bertz CT molecular complexity index is 507. The molecule has 0 unspecified atom stereocenters. The normalized spacial score (nSPS) is 15.6. The van der Waals surface area contributed by atoms with E-state index in [0.717, 1.165) is 5.56 Å². The monoisotopic (exact) mass is 304 g/mol.